The van der Waals surface area contributed by atoms with E-state index in [1.54, 1.807) is 0 Å². The van der Waals surface area contributed by atoms with Gasteiger partial charge in [-0.15, -0.1) is 0 Å². The van der Waals surface area contributed by atoms with Crippen LogP contribution in [0.5, 0.6) is 0 Å². The molecule has 1 heterocycles. The lowest BCUT2D eigenvalue weighted by atomic mass is 10.3. The Balaban J connectivity index is 0.000000235. The first-order valence-corrected chi connectivity index (χ1v) is 7.18. The number of anilines is 1. The third-order valence-electron chi connectivity index (χ3n) is 2.96. The molecule has 1 fully saturated rings. The van der Waals surface area contributed by atoms with Gasteiger partial charge in [0.2, 0.25) is 0 Å². The van der Waals surface area contributed by atoms with E-state index in [0.29, 0.717) is 5.69 Å². The monoisotopic (exact) mass is 317 g/mol. The van der Waals surface area contributed by atoms with Crippen LogP contribution in [0.4, 0.5) is 14.9 Å². The van der Waals surface area contributed by atoms with Crippen LogP contribution in [-0.2, 0) is 4.74 Å². The van der Waals surface area contributed by atoms with E-state index in [0.717, 1.165) is 26.3 Å². The minimum atomic E-state index is -0.510. The molecule has 0 spiro atoms. The Kier molecular flexibility index (Phi) is 8.04. The molecule has 0 saturated carbocycles. The number of nitrogens with zero attached hydrogens (tertiary/aromatic N) is 1. The highest BCUT2D eigenvalue weighted by Gasteiger charge is 2.05. The van der Waals surface area contributed by atoms with E-state index in [9.17, 15) is 9.18 Å². The maximum atomic E-state index is 12.7. The lowest BCUT2D eigenvalue weighted by Crippen LogP contribution is -2.35. The Morgan fingerprint density at radius 1 is 1.43 bits per heavy atom. The van der Waals surface area contributed by atoms with Crippen LogP contribution in [0.3, 0.4) is 0 Å². The van der Waals surface area contributed by atoms with E-state index in [4.69, 9.17) is 16.3 Å². The SMILES string of the molecule is CCN1CCOCC1.CNC(=O)Nc1ccc(F)c(Cl)c1. The zero-order chi connectivity index (χ0) is 15.7. The zero-order valence-corrected chi connectivity index (χ0v) is 13.0. The Bertz CT molecular complexity index is 454. The summed E-state index contributed by atoms with van der Waals surface area (Å²) < 4.78 is 17.8. The third-order valence-corrected chi connectivity index (χ3v) is 3.25. The van der Waals surface area contributed by atoms with E-state index < -0.39 is 5.82 Å². The summed E-state index contributed by atoms with van der Waals surface area (Å²) in [5.74, 6) is -0.510. The molecule has 0 radical (unpaired) electrons. The van der Waals surface area contributed by atoms with Crippen molar-refractivity contribution in [1.82, 2.24) is 10.2 Å². The van der Waals surface area contributed by atoms with Crippen molar-refractivity contribution in [3.63, 3.8) is 0 Å². The van der Waals surface area contributed by atoms with Gasteiger partial charge in [-0.1, -0.05) is 18.5 Å². The molecule has 21 heavy (non-hydrogen) atoms. The summed E-state index contributed by atoms with van der Waals surface area (Å²) in [6, 6.07) is 3.58. The number of nitrogens with one attached hydrogen (secondary N) is 2. The van der Waals surface area contributed by atoms with Crippen molar-refractivity contribution in [2.75, 3.05) is 45.2 Å². The first-order chi connectivity index (χ1) is 10.1. The molecule has 0 bridgehead atoms. The number of hydrogen-bond acceptors (Lipinski definition) is 3. The second-order valence-corrected chi connectivity index (χ2v) is 4.79. The van der Waals surface area contributed by atoms with Gasteiger partial charge < -0.3 is 15.4 Å². The second kappa shape index (κ2) is 9.55. The molecule has 1 saturated heterocycles. The summed E-state index contributed by atoms with van der Waals surface area (Å²) in [5, 5.41) is 4.80. The highest BCUT2D eigenvalue weighted by molar-refractivity contribution is 6.31. The fourth-order valence-corrected chi connectivity index (χ4v) is 1.87. The summed E-state index contributed by atoms with van der Waals surface area (Å²) in [7, 11) is 1.49. The van der Waals surface area contributed by atoms with Crippen molar-refractivity contribution in [1.29, 1.82) is 0 Å². The molecule has 1 aromatic carbocycles. The van der Waals surface area contributed by atoms with Gasteiger partial charge in [0.25, 0.3) is 0 Å². The predicted molar refractivity (Wildman–Crippen MR) is 82.4 cm³/mol. The number of amides is 2. The molecule has 0 aromatic heterocycles. The normalized spacial score (nSPS) is 14.9. The van der Waals surface area contributed by atoms with Gasteiger partial charge >= 0.3 is 6.03 Å². The van der Waals surface area contributed by atoms with Gasteiger partial charge in [0.05, 0.1) is 18.2 Å². The molecular formula is C14H21ClFN3O2. The summed E-state index contributed by atoms with van der Waals surface area (Å²) in [5.41, 5.74) is 0.450. The van der Waals surface area contributed by atoms with Crippen LogP contribution in [-0.4, -0.2) is 50.8 Å². The van der Waals surface area contributed by atoms with Gasteiger partial charge in [-0.3, -0.25) is 4.90 Å². The molecule has 0 unspecified atom stereocenters. The number of morpholine rings is 1. The number of hydrogen-bond donors (Lipinski definition) is 2. The number of carbonyl (C=O) groups is 1. The number of likely N-dealkylation sites (N-methyl/N-ethyl adjacent to an activating group) is 1. The number of urea groups is 1. The van der Waals surface area contributed by atoms with Gasteiger partial charge in [-0.2, -0.15) is 0 Å². The third kappa shape index (κ3) is 6.75. The first kappa shape index (κ1) is 17.7. The molecule has 2 rings (SSSR count). The van der Waals surface area contributed by atoms with Gasteiger partial charge in [0.1, 0.15) is 5.82 Å². The van der Waals surface area contributed by atoms with Crippen molar-refractivity contribution >= 4 is 23.3 Å². The van der Waals surface area contributed by atoms with Crippen LogP contribution < -0.4 is 10.6 Å². The first-order valence-electron chi connectivity index (χ1n) is 6.80. The van der Waals surface area contributed by atoms with Crippen LogP contribution in [0.25, 0.3) is 0 Å². The average Bonchev–Trinajstić information content (AvgIpc) is 2.52. The Labute approximate surface area is 129 Å². The molecule has 5 nitrogen and oxygen atoms in total. The quantitative estimate of drug-likeness (QED) is 0.881. The van der Waals surface area contributed by atoms with Crippen molar-refractivity contribution in [2.24, 2.45) is 0 Å². The molecule has 2 N–H and O–H groups in total. The molecule has 0 atom stereocenters. The fraction of sp³-hybridized carbons (Fsp3) is 0.500. The molecule has 1 aromatic rings. The summed E-state index contributed by atoms with van der Waals surface area (Å²) in [4.78, 5) is 13.2. The van der Waals surface area contributed by atoms with Crippen LogP contribution >= 0.6 is 11.6 Å². The Hall–Kier alpha value is -1.37. The lowest BCUT2D eigenvalue weighted by molar-refractivity contribution is 0.0405. The fourth-order valence-electron chi connectivity index (χ4n) is 1.68. The maximum Gasteiger partial charge on any atom is 0.318 e. The molecule has 7 heteroatoms. The van der Waals surface area contributed by atoms with E-state index in [1.807, 2.05) is 0 Å². The number of carbonyl (C=O) groups excluding carboxylic acids is 1. The maximum absolute atomic E-state index is 12.7. The Morgan fingerprint density at radius 2 is 2.10 bits per heavy atom. The summed E-state index contributed by atoms with van der Waals surface area (Å²) in [6.07, 6.45) is 0. The summed E-state index contributed by atoms with van der Waals surface area (Å²) in [6.45, 7) is 7.45. The number of rotatable bonds is 2. The standard InChI is InChI=1S/C8H8ClFN2O.C6H13NO/c1-11-8(13)12-5-2-3-7(10)6(9)4-5;1-2-7-3-5-8-6-4-7/h2-4H,1H3,(H2,11,12,13);2-6H2,1H3. The average molecular weight is 318 g/mol. The number of ether oxygens (including phenoxy) is 1. The minimum Gasteiger partial charge on any atom is -0.379 e. The molecule has 0 aliphatic carbocycles. The molecule has 1 aliphatic rings. The molecular weight excluding hydrogens is 297 g/mol. The van der Waals surface area contributed by atoms with Crippen molar-refractivity contribution in [3.05, 3.63) is 29.0 Å². The van der Waals surface area contributed by atoms with Gasteiger partial charge in [0.15, 0.2) is 0 Å². The van der Waals surface area contributed by atoms with E-state index >= 15 is 0 Å². The van der Waals surface area contributed by atoms with Crippen LogP contribution in [0.1, 0.15) is 6.92 Å². The number of halogens is 2. The van der Waals surface area contributed by atoms with Crippen molar-refractivity contribution in [2.45, 2.75) is 6.92 Å². The van der Waals surface area contributed by atoms with Crippen molar-refractivity contribution < 1.29 is 13.9 Å². The van der Waals surface area contributed by atoms with Crippen molar-refractivity contribution in [3.8, 4) is 0 Å². The van der Waals surface area contributed by atoms with Gasteiger partial charge in [-0.05, 0) is 24.7 Å². The largest absolute Gasteiger partial charge is 0.379 e. The van der Waals surface area contributed by atoms with Crippen LogP contribution in [0.15, 0.2) is 18.2 Å². The number of benzene rings is 1. The van der Waals surface area contributed by atoms with Gasteiger partial charge in [0, 0.05) is 25.8 Å². The van der Waals surface area contributed by atoms with Crippen LogP contribution in [0.2, 0.25) is 5.02 Å². The summed E-state index contributed by atoms with van der Waals surface area (Å²) >= 11 is 5.49. The van der Waals surface area contributed by atoms with E-state index in [1.165, 1.54) is 31.8 Å². The minimum absolute atomic E-state index is 0.0195. The smallest absolute Gasteiger partial charge is 0.318 e. The zero-order valence-electron chi connectivity index (χ0n) is 12.3. The molecule has 1 aliphatic heterocycles. The topological polar surface area (TPSA) is 53.6 Å². The van der Waals surface area contributed by atoms with E-state index in [2.05, 4.69) is 22.5 Å². The molecule has 118 valence electrons. The highest BCUT2D eigenvalue weighted by Crippen LogP contribution is 2.18. The lowest BCUT2D eigenvalue weighted by Gasteiger charge is -2.24. The van der Waals surface area contributed by atoms with Gasteiger partial charge in [-0.25, -0.2) is 9.18 Å². The second-order valence-electron chi connectivity index (χ2n) is 4.38. The molecule has 2 amide bonds. The van der Waals surface area contributed by atoms with E-state index in [-0.39, 0.29) is 11.1 Å². The Morgan fingerprint density at radius 3 is 2.57 bits per heavy atom. The predicted octanol–water partition coefficient (Wildman–Crippen LogP) is 2.57. The van der Waals surface area contributed by atoms with Crippen LogP contribution in [0, 0.1) is 5.82 Å². The highest BCUT2D eigenvalue weighted by atomic mass is 35.5.